The maximum atomic E-state index is 12.3. The van der Waals surface area contributed by atoms with Crippen molar-refractivity contribution in [2.75, 3.05) is 39.1 Å². The zero-order valence-corrected chi connectivity index (χ0v) is 18.7. The second-order valence-corrected chi connectivity index (χ2v) is 7.66. The Morgan fingerprint density at radius 1 is 1.13 bits per heavy atom. The molecule has 1 saturated heterocycles. The molecule has 1 aliphatic heterocycles. The minimum atomic E-state index is -0.0199. The summed E-state index contributed by atoms with van der Waals surface area (Å²) in [5.74, 6) is 1.69. The van der Waals surface area contributed by atoms with Gasteiger partial charge in [0.15, 0.2) is 5.96 Å². The number of hydrogen-bond acceptors (Lipinski definition) is 3. The van der Waals surface area contributed by atoms with Crippen LogP contribution in [0.15, 0.2) is 53.5 Å². The Hall–Kier alpha value is -3.22. The lowest BCUT2D eigenvalue weighted by molar-refractivity contribution is 0.222. The van der Waals surface area contributed by atoms with Crippen LogP contribution in [-0.4, -0.2) is 55.6 Å². The van der Waals surface area contributed by atoms with Crippen LogP contribution in [0.3, 0.4) is 0 Å². The first kappa shape index (κ1) is 22.5. The summed E-state index contributed by atoms with van der Waals surface area (Å²) in [5, 5.41) is 6.40. The van der Waals surface area contributed by atoms with Crippen molar-refractivity contribution in [3.05, 3.63) is 59.7 Å². The van der Waals surface area contributed by atoms with Gasteiger partial charge < -0.3 is 25.2 Å². The Labute approximate surface area is 185 Å². The van der Waals surface area contributed by atoms with Crippen molar-refractivity contribution >= 4 is 17.7 Å². The number of amides is 2. The van der Waals surface area contributed by atoms with E-state index in [1.807, 2.05) is 55.3 Å². The summed E-state index contributed by atoms with van der Waals surface area (Å²) < 4.78 is 5.51. The van der Waals surface area contributed by atoms with Gasteiger partial charge in [0.25, 0.3) is 0 Å². The fourth-order valence-corrected chi connectivity index (χ4v) is 3.65. The van der Waals surface area contributed by atoms with E-state index in [4.69, 9.17) is 4.74 Å². The van der Waals surface area contributed by atoms with E-state index in [-0.39, 0.29) is 6.03 Å². The third-order valence-corrected chi connectivity index (χ3v) is 5.25. The average Bonchev–Trinajstić information content (AvgIpc) is 3.31. The molecule has 2 aromatic carbocycles. The Kier molecular flexibility index (Phi) is 8.15. The van der Waals surface area contributed by atoms with E-state index < -0.39 is 0 Å². The minimum Gasteiger partial charge on any atom is -0.494 e. The van der Waals surface area contributed by atoms with Gasteiger partial charge in [-0.1, -0.05) is 24.3 Å². The van der Waals surface area contributed by atoms with Crippen molar-refractivity contribution in [1.29, 1.82) is 0 Å². The molecule has 0 saturated carbocycles. The Balaban J connectivity index is 1.53. The molecule has 7 nitrogen and oxygen atoms in total. The van der Waals surface area contributed by atoms with Crippen LogP contribution in [0.25, 0.3) is 0 Å². The molecule has 2 aromatic rings. The highest BCUT2D eigenvalue weighted by atomic mass is 16.5. The predicted octanol–water partition coefficient (Wildman–Crippen LogP) is 3.92. The number of carbonyl (C=O) groups excluding carboxylic acids is 1. The highest BCUT2D eigenvalue weighted by molar-refractivity contribution is 5.89. The Morgan fingerprint density at radius 3 is 2.55 bits per heavy atom. The molecule has 31 heavy (non-hydrogen) atoms. The van der Waals surface area contributed by atoms with Crippen LogP contribution >= 0.6 is 0 Å². The molecule has 0 spiro atoms. The van der Waals surface area contributed by atoms with Gasteiger partial charge in [0, 0.05) is 46.0 Å². The average molecular weight is 424 g/mol. The highest BCUT2D eigenvalue weighted by Crippen LogP contribution is 2.15. The number of hydrogen-bond donors (Lipinski definition) is 2. The highest BCUT2D eigenvalue weighted by Gasteiger charge is 2.17. The lowest BCUT2D eigenvalue weighted by Gasteiger charge is -2.22. The van der Waals surface area contributed by atoms with Crippen LogP contribution in [0, 0.1) is 0 Å². The topological polar surface area (TPSA) is 69.2 Å². The van der Waals surface area contributed by atoms with Crippen LogP contribution in [0.2, 0.25) is 0 Å². The third-order valence-electron chi connectivity index (χ3n) is 5.25. The van der Waals surface area contributed by atoms with Gasteiger partial charge in [-0.25, -0.2) is 4.79 Å². The van der Waals surface area contributed by atoms with Crippen LogP contribution in [0.1, 0.15) is 30.9 Å². The Bertz CT molecular complexity index is 876. The zero-order chi connectivity index (χ0) is 22.1. The fourth-order valence-electron chi connectivity index (χ4n) is 3.65. The molecule has 166 valence electrons. The van der Waals surface area contributed by atoms with Gasteiger partial charge in [-0.15, -0.1) is 0 Å². The zero-order valence-electron chi connectivity index (χ0n) is 18.7. The minimum absolute atomic E-state index is 0.0199. The molecule has 1 fully saturated rings. The van der Waals surface area contributed by atoms with Crippen molar-refractivity contribution in [2.24, 2.45) is 4.99 Å². The van der Waals surface area contributed by atoms with Crippen LogP contribution in [0.5, 0.6) is 5.75 Å². The Morgan fingerprint density at radius 2 is 1.87 bits per heavy atom. The first-order valence-corrected chi connectivity index (χ1v) is 10.9. The van der Waals surface area contributed by atoms with Gasteiger partial charge in [0.2, 0.25) is 0 Å². The molecule has 0 unspecified atom stereocenters. The molecular weight excluding hydrogens is 390 g/mol. The number of carbonyl (C=O) groups is 1. The van der Waals surface area contributed by atoms with Crippen molar-refractivity contribution in [3.63, 3.8) is 0 Å². The maximum absolute atomic E-state index is 12.3. The summed E-state index contributed by atoms with van der Waals surface area (Å²) in [7, 11) is 3.79. The largest absolute Gasteiger partial charge is 0.494 e. The first-order valence-electron chi connectivity index (χ1n) is 10.9. The van der Waals surface area contributed by atoms with Gasteiger partial charge in [-0.2, -0.15) is 0 Å². The smallest absolute Gasteiger partial charge is 0.321 e. The normalized spacial score (nSPS) is 13.8. The van der Waals surface area contributed by atoms with Gasteiger partial charge in [-0.3, -0.25) is 4.99 Å². The number of rotatable bonds is 7. The monoisotopic (exact) mass is 423 g/mol. The summed E-state index contributed by atoms with van der Waals surface area (Å²) >= 11 is 0. The van der Waals surface area contributed by atoms with Gasteiger partial charge in [-0.05, 0) is 55.2 Å². The molecule has 1 aliphatic rings. The van der Waals surface area contributed by atoms with Gasteiger partial charge >= 0.3 is 6.03 Å². The summed E-state index contributed by atoms with van der Waals surface area (Å²) in [5.41, 5.74) is 3.07. The molecule has 3 rings (SSSR count). The number of ether oxygens (including phenoxy) is 1. The van der Waals surface area contributed by atoms with Crippen molar-refractivity contribution < 1.29 is 9.53 Å². The van der Waals surface area contributed by atoms with Crippen LogP contribution < -0.4 is 15.4 Å². The summed E-state index contributed by atoms with van der Waals surface area (Å²) in [4.78, 5) is 20.7. The number of nitrogens with zero attached hydrogens (tertiary/aromatic N) is 3. The van der Waals surface area contributed by atoms with E-state index in [2.05, 4.69) is 32.7 Å². The van der Waals surface area contributed by atoms with Crippen molar-refractivity contribution in [1.82, 2.24) is 15.1 Å². The van der Waals surface area contributed by atoms with Crippen LogP contribution in [0.4, 0.5) is 10.5 Å². The van der Waals surface area contributed by atoms with E-state index in [9.17, 15) is 4.79 Å². The molecule has 7 heteroatoms. The number of guanidine groups is 1. The lowest BCUT2D eigenvalue weighted by Crippen LogP contribution is -2.38. The molecule has 1 heterocycles. The molecule has 2 N–H and O–H groups in total. The van der Waals surface area contributed by atoms with E-state index in [0.717, 1.165) is 55.4 Å². The van der Waals surface area contributed by atoms with E-state index in [1.165, 1.54) is 5.56 Å². The van der Waals surface area contributed by atoms with Crippen LogP contribution in [-0.2, 0) is 13.1 Å². The molecule has 0 atom stereocenters. The summed E-state index contributed by atoms with van der Waals surface area (Å²) in [6.45, 7) is 5.67. The molecule has 0 bridgehead atoms. The lowest BCUT2D eigenvalue weighted by atomic mass is 10.2. The molecule has 0 aromatic heterocycles. The SMILES string of the molecule is CCOc1ccc(CN(C)C(=NC)NCc2cccc(NC(=O)N3CCCC3)c2)cc1. The number of urea groups is 1. The predicted molar refractivity (Wildman–Crippen MR) is 126 cm³/mol. The van der Waals surface area contributed by atoms with Gasteiger partial charge in [0.05, 0.1) is 6.61 Å². The number of nitrogens with one attached hydrogen (secondary N) is 2. The molecule has 2 amide bonds. The number of anilines is 1. The molecule has 0 radical (unpaired) electrons. The third kappa shape index (κ3) is 6.64. The summed E-state index contributed by atoms with van der Waals surface area (Å²) in [6, 6.07) is 16.0. The second kappa shape index (κ2) is 11.2. The second-order valence-electron chi connectivity index (χ2n) is 7.66. The van der Waals surface area contributed by atoms with Crippen molar-refractivity contribution in [3.8, 4) is 5.75 Å². The quantitative estimate of drug-likeness (QED) is 0.523. The fraction of sp³-hybridized carbons (Fsp3) is 0.417. The first-order chi connectivity index (χ1) is 15.1. The van der Waals surface area contributed by atoms with E-state index in [0.29, 0.717) is 13.2 Å². The van der Waals surface area contributed by atoms with E-state index >= 15 is 0 Å². The van der Waals surface area contributed by atoms with Crippen molar-refractivity contribution in [2.45, 2.75) is 32.9 Å². The molecule has 0 aliphatic carbocycles. The number of benzene rings is 2. The number of aliphatic imine (C=N–C) groups is 1. The molecular formula is C24H33N5O2. The summed E-state index contributed by atoms with van der Waals surface area (Å²) in [6.07, 6.45) is 2.17. The number of likely N-dealkylation sites (tertiary alicyclic amines) is 1. The van der Waals surface area contributed by atoms with Gasteiger partial charge in [0.1, 0.15) is 5.75 Å². The maximum Gasteiger partial charge on any atom is 0.321 e. The van der Waals surface area contributed by atoms with E-state index in [1.54, 1.807) is 7.05 Å². The standard InChI is InChI=1S/C24H33N5O2/c1-4-31-22-12-10-19(11-13-22)18-28(3)23(25-2)26-17-20-8-7-9-21(16-20)27-24(30)29-14-5-6-15-29/h7-13,16H,4-6,14-15,17-18H2,1-3H3,(H,25,26)(H,27,30).